The van der Waals surface area contributed by atoms with Gasteiger partial charge in [-0.1, -0.05) is 11.6 Å². The fourth-order valence-corrected chi connectivity index (χ4v) is 3.00. The van der Waals surface area contributed by atoms with Crippen LogP contribution in [-0.2, 0) is 0 Å². The van der Waals surface area contributed by atoms with Gasteiger partial charge in [0.2, 0.25) is 0 Å². The molecule has 2 fully saturated rings. The lowest BCUT2D eigenvalue weighted by Gasteiger charge is -2.44. The van der Waals surface area contributed by atoms with Gasteiger partial charge < -0.3 is 16.0 Å². The molecule has 0 radical (unpaired) electrons. The monoisotopic (exact) mass is 294 g/mol. The average Bonchev–Trinajstić information content (AvgIpc) is 2.37. The summed E-state index contributed by atoms with van der Waals surface area (Å²) in [5, 5.41) is 3.93. The van der Waals surface area contributed by atoms with Crippen molar-refractivity contribution in [3.63, 3.8) is 0 Å². The minimum Gasteiger partial charge on any atom is -0.368 e. The number of benzene rings is 1. The number of anilines is 1. The number of piperazine rings is 1. The Kier molecular flexibility index (Phi) is 3.83. The number of primary amides is 1. The van der Waals surface area contributed by atoms with E-state index in [9.17, 15) is 4.79 Å². The van der Waals surface area contributed by atoms with E-state index in [2.05, 4.69) is 15.1 Å². The van der Waals surface area contributed by atoms with E-state index in [4.69, 9.17) is 17.3 Å². The third-order valence-electron chi connectivity index (χ3n) is 4.16. The van der Waals surface area contributed by atoms with Crippen molar-refractivity contribution in [1.29, 1.82) is 0 Å². The molecular formula is C14H19ClN4O. The van der Waals surface area contributed by atoms with E-state index in [0.29, 0.717) is 16.6 Å². The molecule has 6 heteroatoms. The van der Waals surface area contributed by atoms with Crippen LogP contribution in [0.3, 0.4) is 0 Å². The SMILES string of the molecule is NC(=O)c1ccc(Cl)cc1N1CCN(C2CNC2)CC1. The van der Waals surface area contributed by atoms with E-state index in [1.54, 1.807) is 12.1 Å². The van der Waals surface area contributed by atoms with Gasteiger partial charge in [-0.15, -0.1) is 0 Å². The number of hydrogen-bond donors (Lipinski definition) is 2. The second-order valence-electron chi connectivity index (χ2n) is 5.36. The second kappa shape index (κ2) is 5.60. The molecule has 3 rings (SSSR count). The number of rotatable bonds is 3. The summed E-state index contributed by atoms with van der Waals surface area (Å²) >= 11 is 6.05. The summed E-state index contributed by atoms with van der Waals surface area (Å²) in [5.74, 6) is -0.401. The highest BCUT2D eigenvalue weighted by Crippen LogP contribution is 2.26. The first kappa shape index (κ1) is 13.7. The number of nitrogens with one attached hydrogen (secondary N) is 1. The Morgan fingerprint density at radius 2 is 1.95 bits per heavy atom. The number of halogens is 1. The van der Waals surface area contributed by atoms with Crippen molar-refractivity contribution in [3.8, 4) is 0 Å². The second-order valence-corrected chi connectivity index (χ2v) is 5.80. The van der Waals surface area contributed by atoms with Crippen LogP contribution in [0.4, 0.5) is 5.69 Å². The number of nitrogens with two attached hydrogens (primary N) is 1. The maximum atomic E-state index is 11.5. The van der Waals surface area contributed by atoms with E-state index >= 15 is 0 Å². The highest BCUT2D eigenvalue weighted by Gasteiger charge is 2.28. The van der Waals surface area contributed by atoms with Gasteiger partial charge in [0.25, 0.3) is 5.91 Å². The molecule has 0 atom stereocenters. The first-order chi connectivity index (χ1) is 9.65. The number of nitrogens with zero attached hydrogens (tertiary/aromatic N) is 2. The van der Waals surface area contributed by atoms with E-state index < -0.39 is 5.91 Å². The zero-order valence-corrected chi connectivity index (χ0v) is 12.1. The zero-order chi connectivity index (χ0) is 14.1. The van der Waals surface area contributed by atoms with E-state index in [1.807, 2.05) is 6.07 Å². The van der Waals surface area contributed by atoms with Gasteiger partial charge in [-0.05, 0) is 18.2 Å². The Bertz CT molecular complexity index is 510. The van der Waals surface area contributed by atoms with Crippen LogP contribution >= 0.6 is 11.6 Å². The molecule has 0 bridgehead atoms. The van der Waals surface area contributed by atoms with E-state index in [0.717, 1.165) is 45.0 Å². The van der Waals surface area contributed by atoms with Crippen molar-refractivity contribution in [1.82, 2.24) is 10.2 Å². The summed E-state index contributed by atoms with van der Waals surface area (Å²) in [5.41, 5.74) is 6.86. The molecular weight excluding hydrogens is 276 g/mol. The van der Waals surface area contributed by atoms with Crippen molar-refractivity contribution in [2.45, 2.75) is 6.04 Å². The summed E-state index contributed by atoms with van der Waals surface area (Å²) in [6.45, 7) is 6.00. The summed E-state index contributed by atoms with van der Waals surface area (Å²) in [6.07, 6.45) is 0. The highest BCUT2D eigenvalue weighted by molar-refractivity contribution is 6.31. The van der Waals surface area contributed by atoms with Gasteiger partial charge in [-0.25, -0.2) is 0 Å². The van der Waals surface area contributed by atoms with Crippen LogP contribution in [0.25, 0.3) is 0 Å². The predicted octanol–water partition coefficient (Wildman–Crippen LogP) is 0.533. The van der Waals surface area contributed by atoms with Gasteiger partial charge in [-0.3, -0.25) is 9.69 Å². The van der Waals surface area contributed by atoms with Gasteiger partial charge in [0.15, 0.2) is 0 Å². The van der Waals surface area contributed by atoms with Crippen molar-refractivity contribution < 1.29 is 4.79 Å². The summed E-state index contributed by atoms with van der Waals surface area (Å²) < 4.78 is 0. The number of carbonyl (C=O) groups is 1. The summed E-state index contributed by atoms with van der Waals surface area (Å²) in [6, 6.07) is 5.93. The molecule has 108 valence electrons. The molecule has 5 nitrogen and oxygen atoms in total. The van der Waals surface area contributed by atoms with Gasteiger partial charge in [0.05, 0.1) is 11.3 Å². The fraction of sp³-hybridized carbons (Fsp3) is 0.500. The summed E-state index contributed by atoms with van der Waals surface area (Å²) in [4.78, 5) is 16.2. The minimum absolute atomic E-state index is 0.401. The Labute approximate surface area is 123 Å². The van der Waals surface area contributed by atoms with E-state index in [1.165, 1.54) is 0 Å². The molecule has 0 spiro atoms. The van der Waals surface area contributed by atoms with Gasteiger partial charge in [0, 0.05) is 50.3 Å². The molecule has 0 aliphatic carbocycles. The van der Waals surface area contributed by atoms with E-state index in [-0.39, 0.29) is 0 Å². The smallest absolute Gasteiger partial charge is 0.250 e. The Balaban J connectivity index is 1.73. The van der Waals surface area contributed by atoms with Crippen molar-refractivity contribution in [2.75, 3.05) is 44.2 Å². The molecule has 0 unspecified atom stereocenters. The molecule has 3 N–H and O–H groups in total. The Morgan fingerprint density at radius 1 is 1.25 bits per heavy atom. The van der Waals surface area contributed by atoms with Crippen molar-refractivity contribution in [3.05, 3.63) is 28.8 Å². The van der Waals surface area contributed by atoms with Crippen LogP contribution in [-0.4, -0.2) is 56.1 Å². The quantitative estimate of drug-likeness (QED) is 0.854. The van der Waals surface area contributed by atoms with Gasteiger partial charge in [-0.2, -0.15) is 0 Å². The standard InChI is InChI=1S/C14H19ClN4O/c15-10-1-2-12(14(16)20)13(7-10)19-5-3-18(4-6-19)11-8-17-9-11/h1-2,7,11,17H,3-6,8-9H2,(H2,16,20). The third-order valence-corrected chi connectivity index (χ3v) is 4.39. The molecule has 2 aliphatic rings. The molecule has 2 saturated heterocycles. The summed E-state index contributed by atoms with van der Waals surface area (Å²) in [7, 11) is 0. The number of amides is 1. The number of carbonyl (C=O) groups excluding carboxylic acids is 1. The van der Waals surface area contributed by atoms with Crippen molar-refractivity contribution >= 4 is 23.2 Å². The normalized spacial score (nSPS) is 20.8. The first-order valence-electron chi connectivity index (χ1n) is 6.94. The van der Waals surface area contributed by atoms with Crippen molar-refractivity contribution in [2.24, 2.45) is 5.73 Å². The molecule has 0 aromatic heterocycles. The Hall–Kier alpha value is -1.30. The lowest BCUT2D eigenvalue weighted by atomic mass is 10.1. The largest absolute Gasteiger partial charge is 0.368 e. The van der Waals surface area contributed by atoms with Crippen LogP contribution in [0.1, 0.15) is 10.4 Å². The molecule has 1 aromatic carbocycles. The third kappa shape index (κ3) is 2.61. The molecule has 1 aromatic rings. The highest BCUT2D eigenvalue weighted by atomic mass is 35.5. The van der Waals surface area contributed by atoms with Crippen LogP contribution in [0.15, 0.2) is 18.2 Å². The van der Waals surface area contributed by atoms with Crippen LogP contribution in [0.5, 0.6) is 0 Å². The molecule has 20 heavy (non-hydrogen) atoms. The topological polar surface area (TPSA) is 61.6 Å². The lowest BCUT2D eigenvalue weighted by Crippen LogP contribution is -2.61. The minimum atomic E-state index is -0.401. The first-order valence-corrected chi connectivity index (χ1v) is 7.32. The molecule has 2 heterocycles. The zero-order valence-electron chi connectivity index (χ0n) is 11.3. The molecule has 0 saturated carbocycles. The van der Waals surface area contributed by atoms with Crippen LogP contribution in [0, 0.1) is 0 Å². The Morgan fingerprint density at radius 3 is 2.50 bits per heavy atom. The predicted molar refractivity (Wildman–Crippen MR) is 80.4 cm³/mol. The van der Waals surface area contributed by atoms with Crippen LogP contribution < -0.4 is 16.0 Å². The maximum absolute atomic E-state index is 11.5. The average molecular weight is 295 g/mol. The number of hydrogen-bond acceptors (Lipinski definition) is 4. The fourth-order valence-electron chi connectivity index (χ4n) is 2.83. The lowest BCUT2D eigenvalue weighted by molar-refractivity contribution is 0.1000. The molecule has 1 amide bonds. The molecule has 2 aliphatic heterocycles. The maximum Gasteiger partial charge on any atom is 0.250 e. The van der Waals surface area contributed by atoms with Gasteiger partial charge >= 0.3 is 0 Å². The van der Waals surface area contributed by atoms with Gasteiger partial charge in [0.1, 0.15) is 0 Å². The van der Waals surface area contributed by atoms with Crippen LogP contribution in [0.2, 0.25) is 5.02 Å².